The second kappa shape index (κ2) is 4.72. The van der Waals surface area contributed by atoms with Gasteiger partial charge in [0.05, 0.1) is 5.69 Å². The van der Waals surface area contributed by atoms with E-state index >= 15 is 0 Å². The SMILES string of the molecule is CC(C)NCc1cccc(C(=O)O)n1. The van der Waals surface area contributed by atoms with E-state index < -0.39 is 5.97 Å². The first kappa shape index (κ1) is 10.7. The fourth-order valence-electron chi connectivity index (χ4n) is 1.01. The number of nitrogens with zero attached hydrogens (tertiary/aromatic N) is 1. The van der Waals surface area contributed by atoms with Crippen LogP contribution in [0.25, 0.3) is 0 Å². The number of carboxylic acids is 1. The lowest BCUT2D eigenvalue weighted by atomic mass is 10.3. The number of carboxylic acid groups (broad SMARTS) is 1. The van der Waals surface area contributed by atoms with Gasteiger partial charge in [-0.25, -0.2) is 9.78 Å². The minimum Gasteiger partial charge on any atom is -0.477 e. The van der Waals surface area contributed by atoms with Crippen LogP contribution in [0.2, 0.25) is 0 Å². The van der Waals surface area contributed by atoms with Gasteiger partial charge in [0, 0.05) is 12.6 Å². The first-order chi connectivity index (χ1) is 6.59. The molecule has 1 heterocycles. The average Bonchev–Trinajstić information content (AvgIpc) is 2.15. The van der Waals surface area contributed by atoms with Crippen LogP contribution in [0.4, 0.5) is 0 Å². The number of carbonyl (C=O) groups is 1. The first-order valence-electron chi connectivity index (χ1n) is 4.52. The molecule has 1 rings (SSSR count). The molecule has 0 aliphatic rings. The van der Waals surface area contributed by atoms with Gasteiger partial charge >= 0.3 is 5.97 Å². The van der Waals surface area contributed by atoms with E-state index in [2.05, 4.69) is 10.3 Å². The number of rotatable bonds is 4. The molecule has 4 heteroatoms. The van der Waals surface area contributed by atoms with Crippen molar-refractivity contribution < 1.29 is 9.90 Å². The predicted octanol–water partition coefficient (Wildman–Crippen LogP) is 1.28. The molecule has 0 aliphatic heterocycles. The highest BCUT2D eigenvalue weighted by atomic mass is 16.4. The first-order valence-corrected chi connectivity index (χ1v) is 4.52. The highest BCUT2D eigenvalue weighted by molar-refractivity contribution is 5.85. The second-order valence-electron chi connectivity index (χ2n) is 3.35. The van der Waals surface area contributed by atoms with Crippen molar-refractivity contribution in [3.05, 3.63) is 29.6 Å². The molecule has 0 radical (unpaired) electrons. The standard InChI is InChI=1S/C10H14N2O2/c1-7(2)11-6-8-4-3-5-9(12-8)10(13)14/h3-5,7,11H,6H2,1-2H3,(H,13,14). The van der Waals surface area contributed by atoms with Gasteiger partial charge in [0.2, 0.25) is 0 Å². The summed E-state index contributed by atoms with van der Waals surface area (Å²) in [5, 5.41) is 11.9. The third kappa shape index (κ3) is 3.14. The van der Waals surface area contributed by atoms with Gasteiger partial charge in [0.15, 0.2) is 0 Å². The molecule has 0 aromatic carbocycles. The van der Waals surface area contributed by atoms with Gasteiger partial charge in [-0.15, -0.1) is 0 Å². The Morgan fingerprint density at radius 1 is 1.57 bits per heavy atom. The number of aromatic carboxylic acids is 1. The molecule has 2 N–H and O–H groups in total. The van der Waals surface area contributed by atoms with Crippen molar-refractivity contribution in [2.75, 3.05) is 0 Å². The Morgan fingerprint density at radius 3 is 2.86 bits per heavy atom. The van der Waals surface area contributed by atoms with E-state index in [1.54, 1.807) is 6.07 Å². The van der Waals surface area contributed by atoms with E-state index in [-0.39, 0.29) is 5.69 Å². The smallest absolute Gasteiger partial charge is 0.354 e. The molecule has 0 spiro atoms. The fraction of sp³-hybridized carbons (Fsp3) is 0.400. The van der Waals surface area contributed by atoms with Crippen LogP contribution in [-0.2, 0) is 6.54 Å². The zero-order valence-electron chi connectivity index (χ0n) is 8.32. The quantitative estimate of drug-likeness (QED) is 0.757. The molecule has 0 saturated heterocycles. The highest BCUT2D eigenvalue weighted by Gasteiger charge is 2.04. The fourth-order valence-corrected chi connectivity index (χ4v) is 1.01. The Balaban J connectivity index is 2.69. The molecular formula is C10H14N2O2. The Bertz CT molecular complexity index is 324. The molecule has 14 heavy (non-hydrogen) atoms. The van der Waals surface area contributed by atoms with Crippen molar-refractivity contribution in [2.24, 2.45) is 0 Å². The van der Waals surface area contributed by atoms with Gasteiger partial charge in [-0.2, -0.15) is 0 Å². The third-order valence-electron chi connectivity index (χ3n) is 1.72. The molecule has 0 unspecified atom stereocenters. The average molecular weight is 194 g/mol. The maximum absolute atomic E-state index is 10.6. The molecule has 4 nitrogen and oxygen atoms in total. The zero-order valence-corrected chi connectivity index (χ0v) is 8.32. The molecular weight excluding hydrogens is 180 g/mol. The lowest BCUT2D eigenvalue weighted by molar-refractivity contribution is 0.0690. The molecule has 0 aliphatic carbocycles. The van der Waals surface area contributed by atoms with Gasteiger partial charge in [-0.05, 0) is 12.1 Å². The van der Waals surface area contributed by atoms with E-state index in [1.807, 2.05) is 19.9 Å². The van der Waals surface area contributed by atoms with Crippen LogP contribution in [0, 0.1) is 0 Å². The molecule has 0 bridgehead atoms. The summed E-state index contributed by atoms with van der Waals surface area (Å²) >= 11 is 0. The monoisotopic (exact) mass is 194 g/mol. The minimum atomic E-state index is -0.989. The molecule has 0 amide bonds. The Kier molecular flexibility index (Phi) is 3.59. The van der Waals surface area contributed by atoms with Gasteiger partial charge < -0.3 is 10.4 Å². The second-order valence-corrected chi connectivity index (χ2v) is 3.35. The van der Waals surface area contributed by atoms with Crippen LogP contribution >= 0.6 is 0 Å². The summed E-state index contributed by atoms with van der Waals surface area (Å²) in [6, 6.07) is 5.36. The number of aromatic nitrogens is 1. The summed E-state index contributed by atoms with van der Waals surface area (Å²) in [6.45, 7) is 4.65. The van der Waals surface area contributed by atoms with Crippen molar-refractivity contribution in [3.63, 3.8) is 0 Å². The predicted molar refractivity (Wildman–Crippen MR) is 53.2 cm³/mol. The topological polar surface area (TPSA) is 62.2 Å². The van der Waals surface area contributed by atoms with E-state index in [0.29, 0.717) is 12.6 Å². The van der Waals surface area contributed by atoms with Gasteiger partial charge in [0.1, 0.15) is 5.69 Å². The van der Waals surface area contributed by atoms with Crippen LogP contribution in [0.3, 0.4) is 0 Å². The molecule has 1 aromatic rings. The van der Waals surface area contributed by atoms with E-state index in [0.717, 1.165) is 5.69 Å². The molecule has 0 saturated carbocycles. The Hall–Kier alpha value is -1.42. The van der Waals surface area contributed by atoms with Crippen molar-refractivity contribution in [1.29, 1.82) is 0 Å². The number of pyridine rings is 1. The van der Waals surface area contributed by atoms with Crippen molar-refractivity contribution in [2.45, 2.75) is 26.4 Å². The lowest BCUT2D eigenvalue weighted by Crippen LogP contribution is -2.22. The largest absolute Gasteiger partial charge is 0.477 e. The van der Waals surface area contributed by atoms with Gasteiger partial charge in [-0.1, -0.05) is 19.9 Å². The van der Waals surface area contributed by atoms with Crippen LogP contribution in [0.1, 0.15) is 30.0 Å². The Morgan fingerprint density at radius 2 is 2.29 bits per heavy atom. The zero-order chi connectivity index (χ0) is 10.6. The number of nitrogens with one attached hydrogen (secondary N) is 1. The van der Waals surface area contributed by atoms with Crippen molar-refractivity contribution in [3.8, 4) is 0 Å². The van der Waals surface area contributed by atoms with Crippen LogP contribution in [0.15, 0.2) is 18.2 Å². The lowest BCUT2D eigenvalue weighted by Gasteiger charge is -2.07. The van der Waals surface area contributed by atoms with Crippen LogP contribution < -0.4 is 5.32 Å². The summed E-state index contributed by atoms with van der Waals surface area (Å²) in [4.78, 5) is 14.6. The normalized spacial score (nSPS) is 10.5. The maximum Gasteiger partial charge on any atom is 0.354 e. The summed E-state index contributed by atoms with van der Waals surface area (Å²) < 4.78 is 0. The van der Waals surface area contributed by atoms with Gasteiger partial charge in [-0.3, -0.25) is 0 Å². The van der Waals surface area contributed by atoms with E-state index in [4.69, 9.17) is 5.11 Å². The molecule has 0 atom stereocenters. The van der Waals surface area contributed by atoms with Crippen LogP contribution in [0.5, 0.6) is 0 Å². The van der Waals surface area contributed by atoms with Crippen molar-refractivity contribution >= 4 is 5.97 Å². The summed E-state index contributed by atoms with van der Waals surface area (Å²) in [5.41, 5.74) is 0.839. The third-order valence-corrected chi connectivity index (χ3v) is 1.72. The van der Waals surface area contributed by atoms with E-state index in [1.165, 1.54) is 6.07 Å². The van der Waals surface area contributed by atoms with E-state index in [9.17, 15) is 4.79 Å². The van der Waals surface area contributed by atoms with Crippen molar-refractivity contribution in [1.82, 2.24) is 10.3 Å². The van der Waals surface area contributed by atoms with Crippen LogP contribution in [-0.4, -0.2) is 22.1 Å². The minimum absolute atomic E-state index is 0.0908. The summed E-state index contributed by atoms with van der Waals surface area (Å²) in [6.07, 6.45) is 0. The molecule has 1 aromatic heterocycles. The van der Waals surface area contributed by atoms with Gasteiger partial charge in [0.25, 0.3) is 0 Å². The molecule has 0 fully saturated rings. The molecule has 76 valence electrons. The summed E-state index contributed by atoms with van der Waals surface area (Å²) in [5.74, 6) is -0.989. The summed E-state index contributed by atoms with van der Waals surface area (Å²) in [7, 11) is 0. The number of hydrogen-bond acceptors (Lipinski definition) is 3. The maximum atomic E-state index is 10.6. The number of hydrogen-bond donors (Lipinski definition) is 2. The highest BCUT2D eigenvalue weighted by Crippen LogP contribution is 1.99. The Labute approximate surface area is 83.0 Å².